The smallest absolute Gasteiger partial charge is 0.343 e. The predicted octanol–water partition coefficient (Wildman–Crippen LogP) is 2.69. The summed E-state index contributed by atoms with van der Waals surface area (Å²) in [5.74, 6) is 1.57. The maximum Gasteiger partial charge on any atom is 0.343 e. The Kier molecular flexibility index (Phi) is 4.85. The second-order valence-corrected chi connectivity index (χ2v) is 7.79. The Balaban J connectivity index is 1.73. The molecule has 0 spiro atoms. The van der Waals surface area contributed by atoms with Crippen LogP contribution in [0.4, 0.5) is 0 Å². The molecule has 0 radical (unpaired) electrons. The van der Waals surface area contributed by atoms with Crippen LogP contribution in [0.15, 0.2) is 12.1 Å². The lowest BCUT2D eigenvalue weighted by molar-refractivity contribution is 0.00868. The van der Waals surface area contributed by atoms with E-state index in [2.05, 4.69) is 4.90 Å². The van der Waals surface area contributed by atoms with E-state index in [1.165, 1.54) is 14.2 Å². The summed E-state index contributed by atoms with van der Waals surface area (Å²) in [7, 11) is 6.50. The van der Waals surface area contributed by atoms with E-state index in [0.29, 0.717) is 58.4 Å². The monoisotopic (exact) mass is 441 g/mol. The van der Waals surface area contributed by atoms with Crippen molar-refractivity contribution in [2.45, 2.75) is 18.6 Å². The lowest BCUT2D eigenvalue weighted by Gasteiger charge is -2.39. The average Bonchev–Trinajstić information content (AvgIpc) is 3.41. The third-order valence-electron chi connectivity index (χ3n) is 6.37. The predicted molar refractivity (Wildman–Crippen MR) is 111 cm³/mol. The van der Waals surface area contributed by atoms with E-state index in [1.54, 1.807) is 13.2 Å². The normalized spacial score (nSPS) is 20.9. The lowest BCUT2D eigenvalue weighted by Crippen LogP contribution is -2.37. The van der Waals surface area contributed by atoms with Gasteiger partial charge in [0.1, 0.15) is 11.7 Å². The second kappa shape index (κ2) is 7.59. The van der Waals surface area contributed by atoms with Crippen molar-refractivity contribution in [2.24, 2.45) is 0 Å². The van der Waals surface area contributed by atoms with Crippen LogP contribution in [0.5, 0.6) is 28.7 Å². The Morgan fingerprint density at radius 1 is 1.06 bits per heavy atom. The molecule has 0 aromatic heterocycles. The van der Waals surface area contributed by atoms with Gasteiger partial charge in [-0.3, -0.25) is 9.69 Å². The number of hydrogen-bond donors (Lipinski definition) is 0. The van der Waals surface area contributed by atoms with Crippen LogP contribution in [-0.2, 0) is 11.2 Å². The maximum atomic E-state index is 12.9. The minimum absolute atomic E-state index is 0.00811. The SMILES string of the molecule is COc1ccc2c(c1OC)C(=O)O[C@@H]2[C@H]1c2c(c(C=O)c3c(c2OC)OCO3)CCN1C. The molecule has 168 valence electrons. The van der Waals surface area contributed by atoms with Crippen LogP contribution in [0.1, 0.15) is 49.6 Å². The fraction of sp³-hybridized carbons (Fsp3) is 0.391. The Morgan fingerprint density at radius 2 is 1.81 bits per heavy atom. The van der Waals surface area contributed by atoms with Crippen molar-refractivity contribution in [3.05, 3.63) is 39.9 Å². The number of esters is 1. The number of fused-ring (bicyclic) bond motifs is 3. The number of carbonyl (C=O) groups excluding carboxylic acids is 2. The molecule has 0 N–H and O–H groups in total. The van der Waals surface area contributed by atoms with E-state index in [9.17, 15) is 9.59 Å². The van der Waals surface area contributed by atoms with Crippen LogP contribution in [0.3, 0.4) is 0 Å². The zero-order chi connectivity index (χ0) is 22.6. The number of hydrogen-bond acceptors (Lipinski definition) is 9. The summed E-state index contributed by atoms with van der Waals surface area (Å²) in [6.45, 7) is 0.659. The van der Waals surface area contributed by atoms with Crippen LogP contribution in [-0.4, -0.2) is 58.9 Å². The van der Waals surface area contributed by atoms with Gasteiger partial charge < -0.3 is 28.4 Å². The van der Waals surface area contributed by atoms with Gasteiger partial charge in [0, 0.05) is 17.7 Å². The van der Waals surface area contributed by atoms with Gasteiger partial charge in [-0.2, -0.15) is 0 Å². The van der Waals surface area contributed by atoms with Crippen LogP contribution >= 0.6 is 0 Å². The zero-order valence-corrected chi connectivity index (χ0v) is 18.2. The first kappa shape index (κ1) is 20.4. The highest BCUT2D eigenvalue weighted by Gasteiger charge is 2.47. The van der Waals surface area contributed by atoms with E-state index < -0.39 is 18.1 Å². The number of carbonyl (C=O) groups is 2. The van der Waals surface area contributed by atoms with Gasteiger partial charge in [-0.1, -0.05) is 6.07 Å². The number of rotatable bonds is 5. The van der Waals surface area contributed by atoms with E-state index in [-0.39, 0.29) is 6.79 Å². The number of nitrogens with zero attached hydrogens (tertiary/aromatic N) is 1. The molecule has 2 atom stereocenters. The fourth-order valence-electron chi connectivity index (χ4n) is 4.99. The van der Waals surface area contributed by atoms with Gasteiger partial charge in [0.25, 0.3) is 0 Å². The third kappa shape index (κ3) is 2.67. The molecule has 3 heterocycles. The molecule has 0 saturated heterocycles. The number of methoxy groups -OCH3 is 3. The van der Waals surface area contributed by atoms with E-state index in [1.807, 2.05) is 13.1 Å². The quantitative estimate of drug-likeness (QED) is 0.513. The lowest BCUT2D eigenvalue weighted by atomic mass is 9.83. The molecule has 0 amide bonds. The van der Waals surface area contributed by atoms with Crippen LogP contribution in [0, 0.1) is 0 Å². The fourth-order valence-corrected chi connectivity index (χ4v) is 4.99. The number of aldehydes is 1. The van der Waals surface area contributed by atoms with Crippen LogP contribution in [0.25, 0.3) is 0 Å². The minimum Gasteiger partial charge on any atom is -0.493 e. The zero-order valence-electron chi connectivity index (χ0n) is 18.2. The summed E-state index contributed by atoms with van der Waals surface area (Å²) >= 11 is 0. The summed E-state index contributed by atoms with van der Waals surface area (Å²) in [4.78, 5) is 27.1. The number of ether oxygens (including phenoxy) is 6. The minimum atomic E-state index is -0.643. The molecule has 0 bridgehead atoms. The van der Waals surface area contributed by atoms with Crippen molar-refractivity contribution in [3.63, 3.8) is 0 Å². The first-order valence-corrected chi connectivity index (χ1v) is 10.2. The standard InChI is InChI=1S/C23H23NO8/c1-24-8-7-11-13(9-25)19-22(31-10-30-19)21(29-4)15(11)17(24)18-12-5-6-14(27-2)20(28-3)16(12)23(26)32-18/h5-6,9,17-18H,7-8,10H2,1-4H3/t17-,18+/m1/s1. The summed E-state index contributed by atoms with van der Waals surface area (Å²) < 4.78 is 33.7. The molecule has 2 aromatic rings. The number of cyclic esters (lactones) is 1. The van der Waals surface area contributed by atoms with Crippen molar-refractivity contribution < 1.29 is 38.0 Å². The van der Waals surface area contributed by atoms with Crippen molar-refractivity contribution in [2.75, 3.05) is 41.7 Å². The van der Waals surface area contributed by atoms with Crippen molar-refractivity contribution in [3.8, 4) is 28.7 Å². The molecule has 9 heteroatoms. The van der Waals surface area contributed by atoms with E-state index in [4.69, 9.17) is 28.4 Å². The van der Waals surface area contributed by atoms with Crippen molar-refractivity contribution in [1.29, 1.82) is 0 Å². The van der Waals surface area contributed by atoms with Gasteiger partial charge in [-0.05, 0) is 25.1 Å². The van der Waals surface area contributed by atoms with Crippen molar-refractivity contribution >= 4 is 12.3 Å². The second-order valence-electron chi connectivity index (χ2n) is 7.79. The molecule has 0 aliphatic carbocycles. The third-order valence-corrected chi connectivity index (χ3v) is 6.37. The summed E-state index contributed by atoms with van der Waals surface area (Å²) in [5.41, 5.74) is 3.04. The Labute approximate surface area is 184 Å². The largest absolute Gasteiger partial charge is 0.493 e. The van der Waals surface area contributed by atoms with Gasteiger partial charge in [0.2, 0.25) is 12.5 Å². The topological polar surface area (TPSA) is 92.8 Å². The molecular formula is C23H23NO8. The van der Waals surface area contributed by atoms with E-state index in [0.717, 1.165) is 17.4 Å². The van der Waals surface area contributed by atoms with Gasteiger partial charge in [-0.25, -0.2) is 4.79 Å². The molecule has 0 unspecified atom stereocenters. The molecule has 2 aromatic carbocycles. The molecule has 32 heavy (non-hydrogen) atoms. The highest BCUT2D eigenvalue weighted by molar-refractivity contribution is 5.98. The molecular weight excluding hydrogens is 418 g/mol. The van der Waals surface area contributed by atoms with E-state index >= 15 is 0 Å². The number of benzene rings is 2. The van der Waals surface area contributed by atoms with Gasteiger partial charge in [0.15, 0.2) is 29.3 Å². The maximum absolute atomic E-state index is 12.9. The molecule has 0 saturated carbocycles. The summed E-state index contributed by atoms with van der Waals surface area (Å²) in [5, 5.41) is 0. The highest BCUT2D eigenvalue weighted by atomic mass is 16.7. The highest BCUT2D eigenvalue weighted by Crippen LogP contribution is 2.56. The molecule has 5 rings (SSSR count). The van der Waals surface area contributed by atoms with Crippen LogP contribution < -0.4 is 23.7 Å². The summed E-state index contributed by atoms with van der Waals surface area (Å²) in [6, 6.07) is 3.16. The van der Waals surface area contributed by atoms with Crippen molar-refractivity contribution in [1.82, 2.24) is 4.90 Å². The van der Waals surface area contributed by atoms with Gasteiger partial charge >= 0.3 is 5.97 Å². The van der Waals surface area contributed by atoms with Crippen LogP contribution in [0.2, 0.25) is 0 Å². The molecule has 3 aliphatic rings. The molecule has 9 nitrogen and oxygen atoms in total. The average molecular weight is 441 g/mol. The Morgan fingerprint density at radius 3 is 2.50 bits per heavy atom. The first-order valence-electron chi connectivity index (χ1n) is 10.2. The first-order chi connectivity index (χ1) is 15.5. The van der Waals surface area contributed by atoms with Gasteiger partial charge in [0.05, 0.1) is 32.9 Å². The van der Waals surface area contributed by atoms with Gasteiger partial charge in [-0.15, -0.1) is 0 Å². The Bertz CT molecular complexity index is 1130. The number of likely N-dealkylation sites (N-methyl/N-ethyl adjacent to an activating group) is 1. The summed E-state index contributed by atoms with van der Waals surface area (Å²) in [6.07, 6.45) is 0.759. The molecule has 3 aliphatic heterocycles. The Hall–Kier alpha value is -3.46. The molecule has 0 fully saturated rings.